The first-order valence-corrected chi connectivity index (χ1v) is 7.95. The molecule has 3 nitrogen and oxygen atoms in total. The Labute approximate surface area is 126 Å². The predicted molar refractivity (Wildman–Crippen MR) is 81.9 cm³/mol. The van der Waals surface area contributed by atoms with E-state index in [9.17, 15) is 9.50 Å². The smallest absolute Gasteiger partial charge is 0.165 e. The average Bonchev–Trinajstić information content (AvgIpc) is 2.52. The highest BCUT2D eigenvalue weighted by Gasteiger charge is 2.20. The van der Waals surface area contributed by atoms with Gasteiger partial charge in [0.15, 0.2) is 11.6 Å². The zero-order valence-electron chi connectivity index (χ0n) is 12.7. The zero-order chi connectivity index (χ0) is 15.1. The number of ether oxygens (including phenoxy) is 1. The van der Waals surface area contributed by atoms with Gasteiger partial charge in [-0.3, -0.25) is 0 Å². The van der Waals surface area contributed by atoms with Crippen LogP contribution in [0.15, 0.2) is 24.3 Å². The molecule has 1 aliphatic rings. The molecule has 0 bridgehead atoms. The molecule has 0 spiro atoms. The Hall–Kier alpha value is -1.13. The van der Waals surface area contributed by atoms with Gasteiger partial charge in [-0.2, -0.15) is 0 Å². The summed E-state index contributed by atoms with van der Waals surface area (Å²) in [5.74, 6) is 0.503. The summed E-state index contributed by atoms with van der Waals surface area (Å²) in [6, 6.07) is 6.67. The molecule has 4 heteroatoms. The topological polar surface area (TPSA) is 41.5 Å². The molecule has 2 rings (SSSR count). The van der Waals surface area contributed by atoms with E-state index in [-0.39, 0.29) is 12.4 Å². The monoisotopic (exact) mass is 295 g/mol. The fourth-order valence-electron chi connectivity index (χ4n) is 2.93. The first-order valence-electron chi connectivity index (χ1n) is 7.95. The lowest BCUT2D eigenvalue weighted by molar-refractivity contribution is 0.0981. The Morgan fingerprint density at radius 1 is 1.29 bits per heavy atom. The van der Waals surface area contributed by atoms with Crippen LogP contribution in [0, 0.1) is 11.7 Å². The molecule has 1 aromatic carbocycles. The third kappa shape index (κ3) is 5.29. The van der Waals surface area contributed by atoms with Gasteiger partial charge in [0.05, 0.1) is 0 Å². The summed E-state index contributed by atoms with van der Waals surface area (Å²) in [6.45, 7) is 2.76. The van der Waals surface area contributed by atoms with Crippen molar-refractivity contribution in [2.24, 2.45) is 5.92 Å². The molecule has 2 N–H and O–H groups in total. The molecule has 2 atom stereocenters. The second-order valence-electron chi connectivity index (χ2n) is 5.99. The standard InChI is InChI=1S/C17H26FNO2/c1-13(14-7-3-2-4-8-14)19-11-15(20)12-21-17-10-6-5-9-16(17)18/h5-6,9-10,13-15,19-20H,2-4,7-8,11-12H2,1H3/t13-,15?/m1/s1. The number of hydrogen-bond donors (Lipinski definition) is 2. The maximum atomic E-state index is 13.4. The van der Waals surface area contributed by atoms with Gasteiger partial charge in [-0.05, 0) is 37.8 Å². The van der Waals surface area contributed by atoms with Crippen molar-refractivity contribution in [2.75, 3.05) is 13.2 Å². The van der Waals surface area contributed by atoms with Gasteiger partial charge < -0.3 is 15.2 Å². The van der Waals surface area contributed by atoms with Crippen molar-refractivity contribution < 1.29 is 14.2 Å². The summed E-state index contributed by atoms with van der Waals surface area (Å²) < 4.78 is 18.7. The fourth-order valence-corrected chi connectivity index (χ4v) is 2.93. The van der Waals surface area contributed by atoms with E-state index >= 15 is 0 Å². The van der Waals surface area contributed by atoms with Crippen LogP contribution >= 0.6 is 0 Å². The molecular formula is C17H26FNO2. The normalized spacial score (nSPS) is 19.2. The predicted octanol–water partition coefficient (Wildman–Crippen LogP) is 3.12. The Morgan fingerprint density at radius 3 is 2.71 bits per heavy atom. The van der Waals surface area contributed by atoms with Crippen LogP contribution in [0.2, 0.25) is 0 Å². The van der Waals surface area contributed by atoms with Crippen LogP contribution in [-0.4, -0.2) is 30.4 Å². The average molecular weight is 295 g/mol. The van der Waals surface area contributed by atoms with Gasteiger partial charge in [0.25, 0.3) is 0 Å². The van der Waals surface area contributed by atoms with Gasteiger partial charge >= 0.3 is 0 Å². The molecule has 1 fully saturated rings. The van der Waals surface area contributed by atoms with Crippen molar-refractivity contribution in [3.63, 3.8) is 0 Å². The molecule has 1 aromatic rings. The summed E-state index contributed by atoms with van der Waals surface area (Å²) in [4.78, 5) is 0. The van der Waals surface area contributed by atoms with Crippen LogP contribution in [0.25, 0.3) is 0 Å². The number of rotatable bonds is 7. The number of halogens is 1. The lowest BCUT2D eigenvalue weighted by Gasteiger charge is -2.29. The molecule has 0 amide bonds. The quantitative estimate of drug-likeness (QED) is 0.812. The fraction of sp³-hybridized carbons (Fsp3) is 0.647. The molecule has 118 valence electrons. The maximum Gasteiger partial charge on any atom is 0.165 e. The molecule has 1 saturated carbocycles. The Kier molecular flexibility index (Phi) is 6.46. The second kappa shape index (κ2) is 8.35. The Bertz CT molecular complexity index is 421. The Balaban J connectivity index is 1.67. The molecule has 0 saturated heterocycles. The van der Waals surface area contributed by atoms with E-state index < -0.39 is 11.9 Å². The third-order valence-electron chi connectivity index (χ3n) is 4.30. The zero-order valence-corrected chi connectivity index (χ0v) is 12.7. The van der Waals surface area contributed by atoms with E-state index in [1.807, 2.05) is 0 Å². The van der Waals surface area contributed by atoms with E-state index in [0.29, 0.717) is 18.5 Å². The lowest BCUT2D eigenvalue weighted by atomic mass is 9.84. The number of hydrogen-bond acceptors (Lipinski definition) is 3. The maximum absolute atomic E-state index is 13.4. The molecular weight excluding hydrogens is 269 g/mol. The molecule has 1 unspecified atom stereocenters. The summed E-state index contributed by atoms with van der Waals surface area (Å²) in [6.07, 6.45) is 5.90. The minimum absolute atomic E-state index is 0.102. The van der Waals surface area contributed by atoms with Crippen LogP contribution in [0.1, 0.15) is 39.0 Å². The first kappa shape index (κ1) is 16.2. The molecule has 21 heavy (non-hydrogen) atoms. The van der Waals surface area contributed by atoms with Crippen LogP contribution in [0.5, 0.6) is 5.75 Å². The van der Waals surface area contributed by atoms with Gasteiger partial charge in [0.2, 0.25) is 0 Å². The minimum Gasteiger partial charge on any atom is -0.488 e. The Morgan fingerprint density at radius 2 is 2.00 bits per heavy atom. The van der Waals surface area contributed by atoms with E-state index in [1.54, 1.807) is 18.2 Å². The number of para-hydroxylation sites is 1. The largest absolute Gasteiger partial charge is 0.488 e. The van der Waals surface area contributed by atoms with Gasteiger partial charge in [-0.25, -0.2) is 4.39 Å². The van der Waals surface area contributed by atoms with Crippen molar-refractivity contribution >= 4 is 0 Å². The number of aliphatic hydroxyl groups excluding tert-OH is 1. The molecule has 0 radical (unpaired) electrons. The van der Waals surface area contributed by atoms with Gasteiger partial charge in [0, 0.05) is 12.6 Å². The van der Waals surface area contributed by atoms with Crippen LogP contribution in [0.4, 0.5) is 4.39 Å². The number of aliphatic hydroxyl groups is 1. The molecule has 0 aliphatic heterocycles. The highest BCUT2D eigenvalue weighted by molar-refractivity contribution is 5.23. The summed E-state index contributed by atoms with van der Waals surface area (Å²) in [5, 5.41) is 13.3. The summed E-state index contributed by atoms with van der Waals surface area (Å²) in [5.41, 5.74) is 0. The summed E-state index contributed by atoms with van der Waals surface area (Å²) in [7, 11) is 0. The second-order valence-corrected chi connectivity index (χ2v) is 5.99. The number of benzene rings is 1. The molecule has 0 heterocycles. The van der Waals surface area contributed by atoms with Gasteiger partial charge in [-0.1, -0.05) is 31.4 Å². The van der Waals surface area contributed by atoms with Crippen molar-refractivity contribution in [3.8, 4) is 5.75 Å². The van der Waals surface area contributed by atoms with Crippen molar-refractivity contribution in [2.45, 2.75) is 51.2 Å². The SMILES string of the molecule is C[C@@H](NCC(O)COc1ccccc1F)C1CCCCC1. The minimum atomic E-state index is -0.629. The van der Waals surface area contributed by atoms with Crippen LogP contribution in [0.3, 0.4) is 0 Å². The lowest BCUT2D eigenvalue weighted by Crippen LogP contribution is -2.40. The van der Waals surface area contributed by atoms with Gasteiger partial charge in [-0.15, -0.1) is 0 Å². The van der Waals surface area contributed by atoms with Crippen LogP contribution < -0.4 is 10.1 Å². The highest BCUT2D eigenvalue weighted by atomic mass is 19.1. The third-order valence-corrected chi connectivity index (χ3v) is 4.30. The van der Waals surface area contributed by atoms with Crippen molar-refractivity contribution in [3.05, 3.63) is 30.1 Å². The van der Waals surface area contributed by atoms with Crippen molar-refractivity contribution in [1.29, 1.82) is 0 Å². The van der Waals surface area contributed by atoms with E-state index in [2.05, 4.69) is 12.2 Å². The first-order chi connectivity index (χ1) is 10.2. The number of nitrogens with one attached hydrogen (secondary N) is 1. The highest BCUT2D eigenvalue weighted by Crippen LogP contribution is 2.26. The molecule has 0 aromatic heterocycles. The van der Waals surface area contributed by atoms with E-state index in [4.69, 9.17) is 4.74 Å². The summed E-state index contributed by atoms with van der Waals surface area (Å²) >= 11 is 0. The van der Waals surface area contributed by atoms with E-state index in [0.717, 1.165) is 0 Å². The van der Waals surface area contributed by atoms with E-state index in [1.165, 1.54) is 38.2 Å². The van der Waals surface area contributed by atoms with Crippen molar-refractivity contribution in [1.82, 2.24) is 5.32 Å². The molecule has 1 aliphatic carbocycles. The van der Waals surface area contributed by atoms with Crippen LogP contribution in [-0.2, 0) is 0 Å². The van der Waals surface area contributed by atoms with Gasteiger partial charge in [0.1, 0.15) is 12.7 Å².